The Morgan fingerprint density at radius 2 is 2.08 bits per heavy atom. The van der Waals surface area contributed by atoms with Crippen LogP contribution in [0.4, 0.5) is 5.82 Å². The summed E-state index contributed by atoms with van der Waals surface area (Å²) in [6.45, 7) is 2.91. The van der Waals surface area contributed by atoms with Crippen molar-refractivity contribution in [3.8, 4) is 0 Å². The standard InChI is InChI=1S/C19H19N5O2/c20-13-4-1-3-12(11-13)17-22-15-14-5-2-6-21-19(14)26-16(15)18(23-17)24-7-9-25-10-8-24/h1-2,4-6,11-12H,3,7-10,20H2. The third-order valence-corrected chi connectivity index (χ3v) is 4.83. The van der Waals surface area contributed by atoms with Gasteiger partial charge in [0, 0.05) is 30.9 Å². The number of hydrogen-bond donors (Lipinski definition) is 1. The molecule has 4 heterocycles. The molecule has 2 N–H and O–H groups in total. The molecule has 0 aromatic carbocycles. The van der Waals surface area contributed by atoms with Crippen molar-refractivity contribution in [1.29, 1.82) is 0 Å². The van der Waals surface area contributed by atoms with Gasteiger partial charge in [0.1, 0.15) is 11.3 Å². The molecule has 5 rings (SSSR count). The minimum Gasteiger partial charge on any atom is -0.432 e. The number of fused-ring (bicyclic) bond motifs is 3. The molecule has 1 saturated heterocycles. The van der Waals surface area contributed by atoms with Crippen molar-refractivity contribution in [2.24, 2.45) is 5.73 Å². The predicted molar refractivity (Wildman–Crippen MR) is 98.9 cm³/mol. The normalized spacial score (nSPS) is 20.7. The number of pyridine rings is 1. The molecule has 7 heteroatoms. The number of nitrogens with two attached hydrogens (primary N) is 1. The number of morpholine rings is 1. The van der Waals surface area contributed by atoms with Crippen LogP contribution in [0.25, 0.3) is 22.2 Å². The molecule has 1 aliphatic carbocycles. The fraction of sp³-hybridized carbons (Fsp3) is 0.316. The molecule has 7 nitrogen and oxygen atoms in total. The summed E-state index contributed by atoms with van der Waals surface area (Å²) < 4.78 is 11.5. The van der Waals surface area contributed by atoms with E-state index in [4.69, 9.17) is 24.9 Å². The van der Waals surface area contributed by atoms with Crippen LogP contribution in [0.15, 0.2) is 46.7 Å². The summed E-state index contributed by atoms with van der Waals surface area (Å²) >= 11 is 0. The fourth-order valence-corrected chi connectivity index (χ4v) is 3.52. The van der Waals surface area contributed by atoms with E-state index in [1.807, 2.05) is 24.3 Å². The topological polar surface area (TPSA) is 90.3 Å². The van der Waals surface area contributed by atoms with Crippen molar-refractivity contribution >= 4 is 28.0 Å². The zero-order valence-electron chi connectivity index (χ0n) is 14.3. The quantitative estimate of drug-likeness (QED) is 0.760. The summed E-state index contributed by atoms with van der Waals surface area (Å²) in [5.74, 6) is 1.64. The highest BCUT2D eigenvalue weighted by Gasteiger charge is 2.24. The maximum atomic E-state index is 6.03. The highest BCUT2D eigenvalue weighted by atomic mass is 16.5. The van der Waals surface area contributed by atoms with E-state index in [2.05, 4.69) is 16.0 Å². The van der Waals surface area contributed by atoms with Crippen LogP contribution in [0.1, 0.15) is 18.2 Å². The second-order valence-corrected chi connectivity index (χ2v) is 6.55. The van der Waals surface area contributed by atoms with Crippen LogP contribution in [-0.4, -0.2) is 41.3 Å². The first-order valence-corrected chi connectivity index (χ1v) is 8.81. The zero-order chi connectivity index (χ0) is 17.5. The summed E-state index contributed by atoms with van der Waals surface area (Å²) in [5.41, 5.74) is 8.82. The smallest absolute Gasteiger partial charge is 0.229 e. The summed E-state index contributed by atoms with van der Waals surface area (Å²) in [7, 11) is 0. The minimum absolute atomic E-state index is 0.0609. The Bertz CT molecular complexity index is 1030. The number of ether oxygens (including phenoxy) is 1. The number of furan rings is 1. The van der Waals surface area contributed by atoms with Crippen molar-refractivity contribution in [1.82, 2.24) is 15.0 Å². The molecule has 1 unspecified atom stereocenters. The van der Waals surface area contributed by atoms with Gasteiger partial charge >= 0.3 is 0 Å². The summed E-state index contributed by atoms with van der Waals surface area (Å²) in [6, 6.07) is 3.88. The zero-order valence-corrected chi connectivity index (χ0v) is 14.3. The average Bonchev–Trinajstić information content (AvgIpc) is 3.06. The molecular weight excluding hydrogens is 330 g/mol. The third-order valence-electron chi connectivity index (χ3n) is 4.83. The molecule has 1 fully saturated rings. The van der Waals surface area contributed by atoms with Crippen molar-refractivity contribution in [3.63, 3.8) is 0 Å². The Balaban J connectivity index is 1.73. The molecule has 0 radical (unpaired) electrons. The van der Waals surface area contributed by atoms with Gasteiger partial charge in [-0.15, -0.1) is 0 Å². The second kappa shape index (κ2) is 6.10. The number of nitrogens with zero attached hydrogens (tertiary/aromatic N) is 4. The molecule has 3 aromatic rings. The Labute approximate surface area is 150 Å². The maximum absolute atomic E-state index is 6.03. The van der Waals surface area contributed by atoms with E-state index in [1.54, 1.807) is 6.20 Å². The summed E-state index contributed by atoms with van der Waals surface area (Å²) in [5, 5.41) is 0.906. The fourth-order valence-electron chi connectivity index (χ4n) is 3.52. The molecule has 1 atom stereocenters. The average molecular weight is 349 g/mol. The van der Waals surface area contributed by atoms with Crippen LogP contribution in [0.5, 0.6) is 0 Å². The first kappa shape index (κ1) is 15.3. The molecule has 3 aromatic heterocycles. The first-order valence-electron chi connectivity index (χ1n) is 8.81. The molecule has 132 valence electrons. The number of aromatic nitrogens is 3. The van der Waals surface area contributed by atoms with Gasteiger partial charge < -0.3 is 19.8 Å². The van der Waals surface area contributed by atoms with E-state index in [1.165, 1.54) is 0 Å². The molecule has 1 aliphatic heterocycles. The van der Waals surface area contributed by atoms with Crippen LogP contribution >= 0.6 is 0 Å². The molecule has 26 heavy (non-hydrogen) atoms. The molecule has 0 saturated carbocycles. The van der Waals surface area contributed by atoms with Crippen molar-refractivity contribution in [2.45, 2.75) is 12.3 Å². The SMILES string of the molecule is NC1=CC(c2nc(N3CCOCC3)c3oc4ncccc4c3n2)CC=C1. The van der Waals surface area contributed by atoms with Crippen LogP contribution < -0.4 is 10.6 Å². The number of rotatable bonds is 2. The Kier molecular flexibility index (Phi) is 3.60. The highest BCUT2D eigenvalue weighted by Crippen LogP contribution is 2.35. The highest BCUT2D eigenvalue weighted by molar-refractivity contribution is 6.04. The van der Waals surface area contributed by atoms with Crippen LogP contribution in [0.3, 0.4) is 0 Å². The lowest BCUT2D eigenvalue weighted by Crippen LogP contribution is -2.37. The molecular formula is C19H19N5O2. The molecule has 0 spiro atoms. The van der Waals surface area contributed by atoms with Crippen LogP contribution in [-0.2, 0) is 4.74 Å². The minimum atomic E-state index is 0.0609. The molecule has 0 bridgehead atoms. The van der Waals surface area contributed by atoms with Crippen molar-refractivity contribution < 1.29 is 9.15 Å². The Hall–Kier alpha value is -2.93. The van der Waals surface area contributed by atoms with Gasteiger partial charge in [0.25, 0.3) is 0 Å². The van der Waals surface area contributed by atoms with E-state index in [0.717, 1.165) is 47.8 Å². The van der Waals surface area contributed by atoms with Gasteiger partial charge in [-0.3, -0.25) is 0 Å². The summed E-state index contributed by atoms with van der Waals surface area (Å²) in [4.78, 5) is 16.3. The van der Waals surface area contributed by atoms with Gasteiger partial charge in [-0.1, -0.05) is 12.2 Å². The van der Waals surface area contributed by atoms with Gasteiger partial charge in [-0.05, 0) is 24.6 Å². The van der Waals surface area contributed by atoms with Gasteiger partial charge in [0.05, 0.1) is 18.6 Å². The number of anilines is 1. The van der Waals surface area contributed by atoms with Gasteiger partial charge in [0.2, 0.25) is 5.71 Å². The van der Waals surface area contributed by atoms with E-state index in [9.17, 15) is 0 Å². The Morgan fingerprint density at radius 1 is 1.19 bits per heavy atom. The van der Waals surface area contributed by atoms with Crippen LogP contribution in [0, 0.1) is 0 Å². The Morgan fingerprint density at radius 3 is 2.92 bits per heavy atom. The van der Waals surface area contributed by atoms with E-state index in [-0.39, 0.29) is 5.92 Å². The maximum Gasteiger partial charge on any atom is 0.229 e. The number of allylic oxidation sites excluding steroid dienone is 3. The largest absolute Gasteiger partial charge is 0.432 e. The first-order chi connectivity index (χ1) is 12.8. The van der Waals surface area contributed by atoms with E-state index >= 15 is 0 Å². The van der Waals surface area contributed by atoms with Crippen molar-refractivity contribution in [3.05, 3.63) is 48.1 Å². The number of hydrogen-bond acceptors (Lipinski definition) is 7. The van der Waals surface area contributed by atoms with Gasteiger partial charge in [-0.2, -0.15) is 0 Å². The third kappa shape index (κ3) is 2.52. The van der Waals surface area contributed by atoms with E-state index < -0.39 is 0 Å². The van der Waals surface area contributed by atoms with Gasteiger partial charge in [0.15, 0.2) is 11.4 Å². The van der Waals surface area contributed by atoms with Crippen LogP contribution in [0.2, 0.25) is 0 Å². The lowest BCUT2D eigenvalue weighted by Gasteiger charge is -2.28. The van der Waals surface area contributed by atoms with E-state index in [0.29, 0.717) is 24.5 Å². The van der Waals surface area contributed by atoms with Gasteiger partial charge in [-0.25, -0.2) is 15.0 Å². The van der Waals surface area contributed by atoms with Crippen molar-refractivity contribution in [2.75, 3.05) is 31.2 Å². The second-order valence-electron chi connectivity index (χ2n) is 6.55. The lowest BCUT2D eigenvalue weighted by molar-refractivity contribution is 0.122. The molecule has 2 aliphatic rings. The summed E-state index contributed by atoms with van der Waals surface area (Å²) in [6.07, 6.45) is 8.57. The molecule has 0 amide bonds. The predicted octanol–water partition coefficient (Wildman–Crippen LogP) is 2.49. The lowest BCUT2D eigenvalue weighted by atomic mass is 9.98. The monoisotopic (exact) mass is 349 g/mol.